The van der Waals surface area contributed by atoms with E-state index in [9.17, 15) is 4.79 Å². The van der Waals surface area contributed by atoms with E-state index >= 15 is 0 Å². The molecule has 7 heteroatoms. The summed E-state index contributed by atoms with van der Waals surface area (Å²) < 4.78 is 22.2. The van der Waals surface area contributed by atoms with Crippen molar-refractivity contribution in [3.8, 4) is 23.0 Å². The topological polar surface area (TPSA) is 78.1 Å². The Kier molecular flexibility index (Phi) is 8.95. The van der Waals surface area contributed by atoms with Crippen LogP contribution < -0.4 is 29.6 Å². The van der Waals surface area contributed by atoms with Gasteiger partial charge < -0.3 is 29.6 Å². The molecule has 2 aromatic carbocycles. The maximum Gasteiger partial charge on any atom is 0.319 e. The third-order valence-corrected chi connectivity index (χ3v) is 4.00. The van der Waals surface area contributed by atoms with Crippen LogP contribution in [0.4, 0.5) is 10.5 Å². The van der Waals surface area contributed by atoms with Gasteiger partial charge in [0.2, 0.25) is 5.75 Å². The molecule has 2 N–H and O–H groups in total. The summed E-state index contributed by atoms with van der Waals surface area (Å²) >= 11 is 0. The first kappa shape index (κ1) is 22.2. The predicted molar refractivity (Wildman–Crippen MR) is 114 cm³/mol. The fourth-order valence-corrected chi connectivity index (χ4v) is 2.78. The first-order chi connectivity index (χ1) is 14.1. The summed E-state index contributed by atoms with van der Waals surface area (Å²) in [5, 5.41) is 5.68. The zero-order valence-electron chi connectivity index (χ0n) is 17.5. The molecule has 0 aliphatic heterocycles. The van der Waals surface area contributed by atoms with E-state index in [0.717, 1.165) is 11.3 Å². The van der Waals surface area contributed by atoms with E-state index in [1.807, 2.05) is 45.0 Å². The average molecular weight is 402 g/mol. The Morgan fingerprint density at radius 3 is 2.17 bits per heavy atom. The molecule has 158 valence electrons. The fraction of sp³-hybridized carbons (Fsp3) is 0.409. The van der Waals surface area contributed by atoms with Crippen molar-refractivity contribution >= 4 is 11.7 Å². The van der Waals surface area contributed by atoms with Crippen LogP contribution in [0.15, 0.2) is 36.4 Å². The summed E-state index contributed by atoms with van der Waals surface area (Å²) in [7, 11) is 1.63. The SMILES string of the molecule is CCOc1cc(NC(=O)NCCc2cccc(OC)c2)cc(OCC)c1OCC. The van der Waals surface area contributed by atoms with Crippen LogP contribution in [0, 0.1) is 0 Å². The number of carbonyl (C=O) groups is 1. The second-order valence-corrected chi connectivity index (χ2v) is 6.08. The monoisotopic (exact) mass is 402 g/mol. The van der Waals surface area contributed by atoms with Crippen LogP contribution in [0.3, 0.4) is 0 Å². The van der Waals surface area contributed by atoms with E-state index in [1.54, 1.807) is 19.2 Å². The van der Waals surface area contributed by atoms with Crippen LogP contribution in [0.5, 0.6) is 23.0 Å². The molecule has 2 rings (SSSR count). The van der Waals surface area contributed by atoms with Gasteiger partial charge in [0.15, 0.2) is 11.5 Å². The molecule has 0 aliphatic rings. The Balaban J connectivity index is 2.02. The second kappa shape index (κ2) is 11.7. The van der Waals surface area contributed by atoms with Crippen molar-refractivity contribution < 1.29 is 23.7 Å². The van der Waals surface area contributed by atoms with Crippen LogP contribution in [0.1, 0.15) is 26.3 Å². The second-order valence-electron chi connectivity index (χ2n) is 6.08. The molecule has 0 heterocycles. The molecule has 7 nitrogen and oxygen atoms in total. The quantitative estimate of drug-likeness (QED) is 0.587. The summed E-state index contributed by atoms with van der Waals surface area (Å²) in [6.45, 7) is 7.60. The van der Waals surface area contributed by atoms with Gasteiger partial charge in [-0.25, -0.2) is 4.79 Å². The minimum Gasteiger partial charge on any atom is -0.497 e. The molecule has 2 aromatic rings. The van der Waals surface area contributed by atoms with Crippen LogP contribution in [0.2, 0.25) is 0 Å². The molecule has 29 heavy (non-hydrogen) atoms. The molecule has 0 bridgehead atoms. The molecule has 2 amide bonds. The Morgan fingerprint density at radius 1 is 0.931 bits per heavy atom. The van der Waals surface area contributed by atoms with E-state index in [2.05, 4.69) is 10.6 Å². The van der Waals surface area contributed by atoms with E-state index in [-0.39, 0.29) is 6.03 Å². The van der Waals surface area contributed by atoms with Gasteiger partial charge in [0.05, 0.1) is 32.6 Å². The Morgan fingerprint density at radius 2 is 1.59 bits per heavy atom. The average Bonchev–Trinajstić information content (AvgIpc) is 2.71. The maximum absolute atomic E-state index is 12.3. The minimum absolute atomic E-state index is 0.304. The summed E-state index contributed by atoms with van der Waals surface area (Å²) in [5.41, 5.74) is 1.65. The van der Waals surface area contributed by atoms with Crippen molar-refractivity contribution in [3.05, 3.63) is 42.0 Å². The van der Waals surface area contributed by atoms with Crippen LogP contribution in [-0.4, -0.2) is 39.5 Å². The normalized spacial score (nSPS) is 10.2. The van der Waals surface area contributed by atoms with Gasteiger partial charge in [0.25, 0.3) is 0 Å². The van der Waals surface area contributed by atoms with Gasteiger partial charge in [-0.05, 0) is 44.9 Å². The summed E-state index contributed by atoms with van der Waals surface area (Å²) in [6, 6.07) is 10.9. The first-order valence-corrected chi connectivity index (χ1v) is 9.85. The third-order valence-electron chi connectivity index (χ3n) is 4.00. The predicted octanol–water partition coefficient (Wildman–Crippen LogP) is 4.26. The molecule has 0 spiro atoms. The van der Waals surface area contributed by atoms with Gasteiger partial charge in [-0.15, -0.1) is 0 Å². The zero-order valence-corrected chi connectivity index (χ0v) is 17.5. The summed E-state index contributed by atoms with van der Waals surface area (Å²) in [4.78, 5) is 12.3. The van der Waals surface area contributed by atoms with E-state index < -0.39 is 0 Å². The van der Waals surface area contributed by atoms with Crippen LogP contribution >= 0.6 is 0 Å². The molecule has 0 atom stereocenters. The Labute approximate surface area is 172 Å². The molecule has 0 radical (unpaired) electrons. The largest absolute Gasteiger partial charge is 0.497 e. The van der Waals surface area contributed by atoms with Crippen molar-refractivity contribution in [2.24, 2.45) is 0 Å². The van der Waals surface area contributed by atoms with Gasteiger partial charge >= 0.3 is 6.03 Å². The zero-order chi connectivity index (χ0) is 21.1. The number of rotatable bonds is 11. The van der Waals surface area contributed by atoms with Crippen molar-refractivity contribution in [2.75, 3.05) is 38.8 Å². The lowest BCUT2D eigenvalue weighted by Crippen LogP contribution is -2.30. The lowest BCUT2D eigenvalue weighted by atomic mass is 10.1. The number of benzene rings is 2. The summed E-state index contributed by atoms with van der Waals surface area (Å²) in [6.07, 6.45) is 0.697. The number of methoxy groups -OCH3 is 1. The van der Waals surface area contributed by atoms with E-state index in [4.69, 9.17) is 18.9 Å². The van der Waals surface area contributed by atoms with Gasteiger partial charge in [-0.2, -0.15) is 0 Å². The highest BCUT2D eigenvalue weighted by atomic mass is 16.5. The lowest BCUT2D eigenvalue weighted by Gasteiger charge is -2.17. The number of ether oxygens (including phenoxy) is 4. The van der Waals surface area contributed by atoms with Crippen molar-refractivity contribution in [1.29, 1.82) is 0 Å². The molecule has 0 saturated heterocycles. The van der Waals surface area contributed by atoms with Gasteiger partial charge in [0, 0.05) is 18.7 Å². The molecular weight excluding hydrogens is 372 g/mol. The Hall–Kier alpha value is -3.09. The number of nitrogens with one attached hydrogen (secondary N) is 2. The number of hydrogen-bond acceptors (Lipinski definition) is 5. The van der Waals surface area contributed by atoms with Gasteiger partial charge in [0.1, 0.15) is 5.75 Å². The lowest BCUT2D eigenvalue weighted by molar-refractivity contribution is 0.252. The molecule has 0 unspecified atom stereocenters. The van der Waals surface area contributed by atoms with E-state index in [1.165, 1.54) is 0 Å². The van der Waals surface area contributed by atoms with Crippen molar-refractivity contribution in [3.63, 3.8) is 0 Å². The van der Waals surface area contributed by atoms with Crippen LogP contribution in [0.25, 0.3) is 0 Å². The standard InChI is InChI=1S/C22H30N2O5/c1-5-27-19-14-17(15-20(28-6-2)21(19)29-7-3)24-22(25)23-12-11-16-9-8-10-18(13-16)26-4/h8-10,13-15H,5-7,11-12H2,1-4H3,(H2,23,24,25). The third kappa shape index (κ3) is 6.78. The number of urea groups is 1. The highest BCUT2D eigenvalue weighted by Crippen LogP contribution is 2.40. The Bertz CT molecular complexity index is 768. The fourth-order valence-electron chi connectivity index (χ4n) is 2.78. The molecule has 0 saturated carbocycles. The number of hydrogen-bond donors (Lipinski definition) is 2. The summed E-state index contributed by atoms with van der Waals surface area (Å²) in [5.74, 6) is 2.41. The smallest absolute Gasteiger partial charge is 0.319 e. The molecule has 0 aliphatic carbocycles. The molecule has 0 aromatic heterocycles. The minimum atomic E-state index is -0.304. The highest BCUT2D eigenvalue weighted by molar-refractivity contribution is 5.90. The number of anilines is 1. The van der Waals surface area contributed by atoms with Crippen molar-refractivity contribution in [2.45, 2.75) is 27.2 Å². The number of amides is 2. The van der Waals surface area contributed by atoms with Gasteiger partial charge in [-0.3, -0.25) is 0 Å². The number of carbonyl (C=O) groups excluding carboxylic acids is 1. The van der Waals surface area contributed by atoms with Crippen molar-refractivity contribution in [1.82, 2.24) is 5.32 Å². The van der Waals surface area contributed by atoms with Crippen LogP contribution in [-0.2, 0) is 6.42 Å². The molecular formula is C22H30N2O5. The maximum atomic E-state index is 12.3. The van der Waals surface area contributed by atoms with E-state index in [0.29, 0.717) is 55.7 Å². The molecule has 0 fully saturated rings. The van der Waals surface area contributed by atoms with Gasteiger partial charge in [-0.1, -0.05) is 12.1 Å². The first-order valence-electron chi connectivity index (χ1n) is 9.85. The highest BCUT2D eigenvalue weighted by Gasteiger charge is 2.16.